The zero-order valence-electron chi connectivity index (χ0n) is 12.3. The lowest BCUT2D eigenvalue weighted by Crippen LogP contribution is -2.26. The zero-order chi connectivity index (χ0) is 14.1. The van der Waals surface area contributed by atoms with Gasteiger partial charge < -0.3 is 10.1 Å². The Balaban J connectivity index is 2.60. The predicted octanol–water partition coefficient (Wildman–Crippen LogP) is 4.10. The van der Waals surface area contributed by atoms with Crippen molar-refractivity contribution in [2.24, 2.45) is 5.92 Å². The van der Waals surface area contributed by atoms with Gasteiger partial charge in [-0.05, 0) is 36.0 Å². The SMILES string of the molecule is CCC(C)CC(CNCCOC)c1ccc(Cl)cc1. The first-order valence-corrected chi connectivity index (χ1v) is 7.50. The van der Waals surface area contributed by atoms with E-state index in [0.29, 0.717) is 5.92 Å². The summed E-state index contributed by atoms with van der Waals surface area (Å²) >= 11 is 5.96. The van der Waals surface area contributed by atoms with Gasteiger partial charge in [0.1, 0.15) is 0 Å². The Labute approximate surface area is 122 Å². The summed E-state index contributed by atoms with van der Waals surface area (Å²) in [5.74, 6) is 1.29. The van der Waals surface area contributed by atoms with Gasteiger partial charge in [-0.25, -0.2) is 0 Å². The lowest BCUT2D eigenvalue weighted by molar-refractivity contribution is 0.198. The molecule has 0 aromatic heterocycles. The van der Waals surface area contributed by atoms with Gasteiger partial charge in [-0.1, -0.05) is 44.0 Å². The molecule has 2 unspecified atom stereocenters. The summed E-state index contributed by atoms with van der Waals surface area (Å²) in [6.07, 6.45) is 2.43. The first-order chi connectivity index (χ1) is 9.17. The van der Waals surface area contributed by atoms with Gasteiger partial charge in [-0.3, -0.25) is 0 Å². The van der Waals surface area contributed by atoms with E-state index in [2.05, 4.69) is 31.3 Å². The van der Waals surface area contributed by atoms with Crippen molar-refractivity contribution in [3.05, 3.63) is 34.9 Å². The Morgan fingerprint density at radius 3 is 2.53 bits per heavy atom. The molecule has 1 N–H and O–H groups in total. The van der Waals surface area contributed by atoms with Gasteiger partial charge in [0.15, 0.2) is 0 Å². The summed E-state index contributed by atoms with van der Waals surface area (Å²) in [5, 5.41) is 4.28. The van der Waals surface area contributed by atoms with E-state index in [1.165, 1.54) is 18.4 Å². The number of hydrogen-bond acceptors (Lipinski definition) is 2. The predicted molar refractivity (Wildman–Crippen MR) is 83.0 cm³/mol. The van der Waals surface area contributed by atoms with Crippen LogP contribution in [0.5, 0.6) is 0 Å². The largest absolute Gasteiger partial charge is 0.383 e. The molecular weight excluding hydrogens is 258 g/mol. The van der Waals surface area contributed by atoms with Crippen molar-refractivity contribution in [3.63, 3.8) is 0 Å². The molecule has 1 aromatic carbocycles. The van der Waals surface area contributed by atoms with Crippen molar-refractivity contribution in [2.75, 3.05) is 26.8 Å². The van der Waals surface area contributed by atoms with Crippen LogP contribution in [0.4, 0.5) is 0 Å². The van der Waals surface area contributed by atoms with E-state index in [0.717, 1.165) is 30.6 Å². The average molecular weight is 284 g/mol. The Morgan fingerprint density at radius 2 is 1.95 bits per heavy atom. The van der Waals surface area contributed by atoms with Gasteiger partial charge >= 0.3 is 0 Å². The van der Waals surface area contributed by atoms with E-state index in [1.54, 1.807) is 7.11 Å². The Morgan fingerprint density at radius 1 is 1.26 bits per heavy atom. The minimum atomic E-state index is 0.545. The van der Waals surface area contributed by atoms with Crippen molar-refractivity contribution in [1.82, 2.24) is 5.32 Å². The molecular formula is C16H26ClNO. The fraction of sp³-hybridized carbons (Fsp3) is 0.625. The van der Waals surface area contributed by atoms with Gasteiger partial charge in [-0.2, -0.15) is 0 Å². The van der Waals surface area contributed by atoms with Crippen molar-refractivity contribution >= 4 is 11.6 Å². The van der Waals surface area contributed by atoms with E-state index in [1.807, 2.05) is 12.1 Å². The Kier molecular flexibility index (Phi) is 8.11. The van der Waals surface area contributed by atoms with Crippen LogP contribution in [0.1, 0.15) is 38.2 Å². The molecule has 0 radical (unpaired) electrons. The fourth-order valence-corrected chi connectivity index (χ4v) is 2.30. The highest BCUT2D eigenvalue weighted by atomic mass is 35.5. The molecule has 0 aliphatic rings. The second-order valence-electron chi connectivity index (χ2n) is 5.19. The number of ether oxygens (including phenoxy) is 1. The molecule has 3 heteroatoms. The maximum Gasteiger partial charge on any atom is 0.0587 e. The smallest absolute Gasteiger partial charge is 0.0587 e. The molecule has 0 spiro atoms. The van der Waals surface area contributed by atoms with E-state index < -0.39 is 0 Å². The molecule has 2 nitrogen and oxygen atoms in total. The molecule has 0 bridgehead atoms. The van der Waals surface area contributed by atoms with Crippen LogP contribution in [0, 0.1) is 5.92 Å². The van der Waals surface area contributed by atoms with Crippen molar-refractivity contribution in [1.29, 1.82) is 0 Å². The lowest BCUT2D eigenvalue weighted by Gasteiger charge is -2.21. The first kappa shape index (κ1) is 16.5. The molecule has 0 fully saturated rings. The van der Waals surface area contributed by atoms with Gasteiger partial charge in [0, 0.05) is 25.2 Å². The van der Waals surface area contributed by atoms with Gasteiger partial charge in [0.25, 0.3) is 0 Å². The molecule has 2 atom stereocenters. The number of rotatable bonds is 9. The summed E-state index contributed by atoms with van der Waals surface area (Å²) in [7, 11) is 1.73. The summed E-state index contributed by atoms with van der Waals surface area (Å²) in [6.45, 7) is 7.23. The third kappa shape index (κ3) is 6.42. The van der Waals surface area contributed by atoms with Crippen molar-refractivity contribution < 1.29 is 4.74 Å². The molecule has 19 heavy (non-hydrogen) atoms. The number of halogens is 1. The topological polar surface area (TPSA) is 21.3 Å². The highest BCUT2D eigenvalue weighted by Gasteiger charge is 2.14. The second-order valence-corrected chi connectivity index (χ2v) is 5.63. The van der Waals surface area contributed by atoms with E-state index >= 15 is 0 Å². The summed E-state index contributed by atoms with van der Waals surface area (Å²) in [6, 6.07) is 8.26. The van der Waals surface area contributed by atoms with Gasteiger partial charge in [0.05, 0.1) is 6.61 Å². The molecule has 1 aromatic rings. The highest BCUT2D eigenvalue weighted by Crippen LogP contribution is 2.26. The second kappa shape index (κ2) is 9.35. The normalized spacial score (nSPS) is 14.3. The third-order valence-corrected chi connectivity index (χ3v) is 3.85. The van der Waals surface area contributed by atoms with Crippen LogP contribution in [0.25, 0.3) is 0 Å². The highest BCUT2D eigenvalue weighted by molar-refractivity contribution is 6.30. The number of hydrogen-bond donors (Lipinski definition) is 1. The maximum atomic E-state index is 5.96. The zero-order valence-corrected chi connectivity index (χ0v) is 13.0. The summed E-state index contributed by atoms with van der Waals surface area (Å²) in [5.41, 5.74) is 1.37. The number of nitrogens with one attached hydrogen (secondary N) is 1. The number of methoxy groups -OCH3 is 1. The maximum absolute atomic E-state index is 5.96. The Bertz CT molecular complexity index is 339. The van der Waals surface area contributed by atoms with Crippen molar-refractivity contribution in [2.45, 2.75) is 32.6 Å². The van der Waals surface area contributed by atoms with Crippen LogP contribution in [-0.4, -0.2) is 26.8 Å². The standard InChI is InChI=1S/C16H26ClNO/c1-4-13(2)11-15(12-18-9-10-19-3)14-5-7-16(17)8-6-14/h5-8,13,15,18H,4,9-12H2,1-3H3. The van der Waals surface area contributed by atoms with Crippen molar-refractivity contribution in [3.8, 4) is 0 Å². The summed E-state index contributed by atoms with van der Waals surface area (Å²) < 4.78 is 5.07. The first-order valence-electron chi connectivity index (χ1n) is 7.12. The molecule has 0 saturated carbocycles. The number of benzene rings is 1. The molecule has 0 amide bonds. The summed E-state index contributed by atoms with van der Waals surface area (Å²) in [4.78, 5) is 0. The molecule has 1 rings (SSSR count). The van der Waals surface area contributed by atoms with Crippen LogP contribution >= 0.6 is 11.6 Å². The van der Waals surface area contributed by atoms with Gasteiger partial charge in [0.2, 0.25) is 0 Å². The third-order valence-electron chi connectivity index (χ3n) is 3.60. The Hall–Kier alpha value is -0.570. The van der Waals surface area contributed by atoms with E-state index in [4.69, 9.17) is 16.3 Å². The molecule has 108 valence electrons. The van der Waals surface area contributed by atoms with Crippen LogP contribution in [-0.2, 0) is 4.74 Å². The minimum Gasteiger partial charge on any atom is -0.383 e. The van der Waals surface area contributed by atoms with Crippen LogP contribution in [0.3, 0.4) is 0 Å². The van der Waals surface area contributed by atoms with E-state index in [9.17, 15) is 0 Å². The lowest BCUT2D eigenvalue weighted by atomic mass is 9.88. The minimum absolute atomic E-state index is 0.545. The monoisotopic (exact) mass is 283 g/mol. The average Bonchev–Trinajstić information content (AvgIpc) is 2.43. The van der Waals surface area contributed by atoms with Gasteiger partial charge in [-0.15, -0.1) is 0 Å². The van der Waals surface area contributed by atoms with E-state index in [-0.39, 0.29) is 0 Å². The molecule has 0 heterocycles. The molecule has 0 aliphatic carbocycles. The molecule has 0 aliphatic heterocycles. The van der Waals surface area contributed by atoms with Crippen LogP contribution in [0.15, 0.2) is 24.3 Å². The van der Waals surface area contributed by atoms with Crippen LogP contribution in [0.2, 0.25) is 5.02 Å². The quantitative estimate of drug-likeness (QED) is 0.689. The molecule has 0 saturated heterocycles. The fourth-order valence-electron chi connectivity index (χ4n) is 2.18. The van der Waals surface area contributed by atoms with Crippen LogP contribution < -0.4 is 5.32 Å².